The van der Waals surface area contributed by atoms with Crippen molar-refractivity contribution >= 4 is 21.7 Å². The number of carboxylic acids is 1. The van der Waals surface area contributed by atoms with Gasteiger partial charge in [0.1, 0.15) is 11.6 Å². The predicted molar refractivity (Wildman–Crippen MR) is 135 cm³/mol. The molecule has 4 rings (SSSR count). The van der Waals surface area contributed by atoms with E-state index in [2.05, 4.69) is 4.74 Å². The maximum Gasteiger partial charge on any atom is 0.416 e. The second-order valence-electron chi connectivity index (χ2n) is 9.72. The maximum atomic E-state index is 14.2. The predicted octanol–water partition coefficient (Wildman–Crippen LogP) is 6.11. The molecule has 220 valence electrons. The van der Waals surface area contributed by atoms with Gasteiger partial charge in [0.25, 0.3) is 10.0 Å². The van der Waals surface area contributed by atoms with Gasteiger partial charge in [-0.2, -0.15) is 22.0 Å². The summed E-state index contributed by atoms with van der Waals surface area (Å²) in [4.78, 5) is 11.0. The van der Waals surface area contributed by atoms with Gasteiger partial charge in [0.05, 0.1) is 28.8 Å². The zero-order chi connectivity index (χ0) is 30.3. The van der Waals surface area contributed by atoms with E-state index in [4.69, 9.17) is 4.74 Å². The Bertz CT molecular complexity index is 1570. The zero-order valence-corrected chi connectivity index (χ0v) is 22.3. The Morgan fingerprint density at radius 3 is 2.37 bits per heavy atom. The van der Waals surface area contributed by atoms with Crippen LogP contribution >= 0.6 is 0 Å². The molecule has 0 aromatic heterocycles. The molecule has 0 radical (unpaired) electrons. The summed E-state index contributed by atoms with van der Waals surface area (Å²) in [5, 5.41) is 9.49. The van der Waals surface area contributed by atoms with Crippen LogP contribution in [0.25, 0.3) is 11.1 Å². The third-order valence-electron chi connectivity index (χ3n) is 6.33. The van der Waals surface area contributed by atoms with Crippen molar-refractivity contribution in [2.45, 2.75) is 49.7 Å². The van der Waals surface area contributed by atoms with E-state index in [9.17, 15) is 44.7 Å². The van der Waals surface area contributed by atoms with Crippen LogP contribution in [0.1, 0.15) is 25.0 Å². The summed E-state index contributed by atoms with van der Waals surface area (Å²) >= 11 is 0. The Morgan fingerprint density at radius 2 is 1.73 bits per heavy atom. The number of benzene rings is 3. The number of fused-ring (bicyclic) bond motifs is 1. The smallest absolute Gasteiger partial charge is 0.416 e. The number of halogens is 6. The second-order valence-corrected chi connectivity index (χ2v) is 11.6. The second kappa shape index (κ2) is 10.9. The zero-order valence-electron chi connectivity index (χ0n) is 21.5. The maximum absolute atomic E-state index is 14.2. The molecule has 1 atom stereocenters. The number of carboxylic acid groups (broad SMARTS) is 1. The van der Waals surface area contributed by atoms with Crippen molar-refractivity contribution in [2.24, 2.45) is 0 Å². The van der Waals surface area contributed by atoms with Gasteiger partial charge in [-0.3, -0.25) is 4.31 Å². The largest absolute Gasteiger partial charge is 0.479 e. The minimum Gasteiger partial charge on any atom is -0.479 e. The third-order valence-corrected chi connectivity index (χ3v) is 8.10. The average Bonchev–Trinajstić information content (AvgIpc) is 2.86. The Kier molecular flexibility index (Phi) is 8.02. The molecule has 1 N–H and O–H groups in total. The molecule has 1 aliphatic heterocycles. The van der Waals surface area contributed by atoms with Crippen LogP contribution in [0.15, 0.2) is 65.6 Å². The number of anilines is 1. The highest BCUT2D eigenvalue weighted by atomic mass is 32.2. The van der Waals surface area contributed by atoms with Crippen molar-refractivity contribution in [3.63, 3.8) is 0 Å². The first-order valence-electron chi connectivity index (χ1n) is 12.0. The quantitative estimate of drug-likeness (QED) is 0.313. The fourth-order valence-corrected chi connectivity index (χ4v) is 5.95. The average molecular weight is 604 g/mol. The molecule has 0 fully saturated rings. The lowest BCUT2D eigenvalue weighted by molar-refractivity contribution is -0.167. The molecule has 1 aliphatic rings. The van der Waals surface area contributed by atoms with Gasteiger partial charge >= 0.3 is 18.8 Å². The van der Waals surface area contributed by atoms with Crippen molar-refractivity contribution < 1.29 is 54.1 Å². The molecule has 41 heavy (non-hydrogen) atoms. The minimum atomic E-state index is -4.83. The van der Waals surface area contributed by atoms with E-state index in [1.807, 2.05) is 0 Å². The lowest BCUT2D eigenvalue weighted by Crippen LogP contribution is -2.48. The van der Waals surface area contributed by atoms with Crippen LogP contribution in [0.4, 0.5) is 32.0 Å². The summed E-state index contributed by atoms with van der Waals surface area (Å²) < 4.78 is 118. The molecule has 14 heteroatoms. The Morgan fingerprint density at radius 1 is 1.02 bits per heavy atom. The van der Waals surface area contributed by atoms with Crippen LogP contribution in [-0.4, -0.2) is 44.4 Å². The molecule has 7 nitrogen and oxygen atoms in total. The van der Waals surface area contributed by atoms with Crippen molar-refractivity contribution in [3.8, 4) is 16.9 Å². The molecular weight excluding hydrogens is 580 g/mol. The molecule has 0 saturated carbocycles. The van der Waals surface area contributed by atoms with E-state index in [1.54, 1.807) is 0 Å². The Balaban J connectivity index is 1.84. The van der Waals surface area contributed by atoms with Gasteiger partial charge in [-0.1, -0.05) is 18.2 Å². The lowest BCUT2D eigenvalue weighted by atomic mass is 9.96. The van der Waals surface area contributed by atoms with Gasteiger partial charge in [0.15, 0.2) is 5.60 Å². The fraction of sp³-hybridized carbons (Fsp3) is 0.296. The number of hydrogen-bond acceptors (Lipinski definition) is 5. The van der Waals surface area contributed by atoms with Crippen LogP contribution in [0.2, 0.25) is 0 Å². The van der Waals surface area contributed by atoms with Crippen molar-refractivity contribution in [1.29, 1.82) is 0 Å². The van der Waals surface area contributed by atoms with E-state index >= 15 is 0 Å². The van der Waals surface area contributed by atoms with E-state index in [-0.39, 0.29) is 23.2 Å². The summed E-state index contributed by atoms with van der Waals surface area (Å²) in [7, 11) is -4.69. The normalized spacial score (nSPS) is 16.0. The molecule has 3 aromatic carbocycles. The van der Waals surface area contributed by atoms with Crippen LogP contribution < -0.4 is 9.04 Å². The molecule has 0 spiro atoms. The molecule has 0 unspecified atom stereocenters. The van der Waals surface area contributed by atoms with Crippen LogP contribution in [-0.2, 0) is 32.2 Å². The van der Waals surface area contributed by atoms with E-state index in [0.717, 1.165) is 34.6 Å². The number of sulfonamides is 1. The first-order chi connectivity index (χ1) is 19.0. The Hall–Kier alpha value is -3.78. The summed E-state index contributed by atoms with van der Waals surface area (Å²) in [6, 6.07) is 10.2. The first kappa shape index (κ1) is 30.2. The first-order valence-corrected chi connectivity index (χ1v) is 13.4. The lowest BCUT2D eigenvalue weighted by Gasteiger charge is -2.38. The SMILES string of the molecule is CC(C)(O[C@H]1Cc2ccc(-c3cc(F)cc(OC(F)F)c3)cc2N(S(=O)(=O)c2cccc(C(F)(F)F)c2)C1)C(=O)O. The molecule has 0 saturated heterocycles. The molecule has 1 heterocycles. The number of nitrogens with zero attached hydrogens (tertiary/aromatic N) is 1. The highest BCUT2D eigenvalue weighted by Crippen LogP contribution is 2.39. The van der Waals surface area contributed by atoms with E-state index in [0.29, 0.717) is 17.7 Å². The van der Waals surface area contributed by atoms with Crippen molar-refractivity contribution in [2.75, 3.05) is 10.8 Å². The third kappa shape index (κ3) is 6.59. The summed E-state index contributed by atoms with van der Waals surface area (Å²) in [5.74, 6) is -2.71. The number of alkyl halides is 5. The number of rotatable bonds is 8. The number of hydrogen-bond donors (Lipinski definition) is 1. The van der Waals surface area contributed by atoms with E-state index < -0.39 is 69.1 Å². The number of carbonyl (C=O) groups is 1. The van der Waals surface area contributed by atoms with Gasteiger partial charge in [-0.15, -0.1) is 0 Å². The van der Waals surface area contributed by atoms with Gasteiger partial charge in [0.2, 0.25) is 0 Å². The Labute approximate surface area is 231 Å². The highest BCUT2D eigenvalue weighted by molar-refractivity contribution is 7.92. The molecule has 0 bridgehead atoms. The highest BCUT2D eigenvalue weighted by Gasteiger charge is 2.40. The van der Waals surface area contributed by atoms with Gasteiger partial charge in [0, 0.05) is 12.5 Å². The van der Waals surface area contributed by atoms with Gasteiger partial charge < -0.3 is 14.6 Å². The molecule has 3 aromatic rings. The van der Waals surface area contributed by atoms with E-state index in [1.165, 1.54) is 32.0 Å². The topological polar surface area (TPSA) is 93.1 Å². The van der Waals surface area contributed by atoms with Crippen LogP contribution in [0.3, 0.4) is 0 Å². The molecular formula is C27H23F6NO6S. The molecule has 0 amide bonds. The summed E-state index contributed by atoms with van der Waals surface area (Å²) in [6.45, 7) is -1.16. The fourth-order valence-electron chi connectivity index (χ4n) is 4.38. The standard InChI is InChI=1S/C27H23F6NO6S/c1-26(2,24(35)36)40-21-9-16-7-6-15(17-8-19(28)13-20(10-17)39-25(29)30)11-23(16)34(14-21)41(37,38)22-5-3-4-18(12-22)27(31,32)33/h3-8,10-13,21,25H,9,14H2,1-2H3,(H,35,36)/t21-/m0/s1. The minimum absolute atomic E-state index is 0.00785. The van der Waals surface area contributed by atoms with Crippen LogP contribution in [0, 0.1) is 5.82 Å². The van der Waals surface area contributed by atoms with Gasteiger partial charge in [-0.25, -0.2) is 17.6 Å². The van der Waals surface area contributed by atoms with Crippen molar-refractivity contribution in [1.82, 2.24) is 0 Å². The van der Waals surface area contributed by atoms with Crippen molar-refractivity contribution in [3.05, 3.63) is 77.6 Å². The number of ether oxygens (including phenoxy) is 2. The van der Waals surface area contributed by atoms with Gasteiger partial charge in [-0.05, 0) is 66.9 Å². The summed E-state index contributed by atoms with van der Waals surface area (Å²) in [6.07, 6.45) is -5.81. The monoisotopic (exact) mass is 603 g/mol. The number of aliphatic carboxylic acids is 1. The van der Waals surface area contributed by atoms with Crippen LogP contribution in [0.5, 0.6) is 5.75 Å². The molecule has 0 aliphatic carbocycles. The summed E-state index contributed by atoms with van der Waals surface area (Å²) in [5.41, 5.74) is -2.33.